The van der Waals surface area contributed by atoms with Crippen LogP contribution < -0.4 is 17.0 Å². The van der Waals surface area contributed by atoms with Crippen LogP contribution in [0.3, 0.4) is 0 Å². The van der Waals surface area contributed by atoms with Crippen LogP contribution in [0.15, 0.2) is 36.9 Å². The van der Waals surface area contributed by atoms with E-state index in [0.29, 0.717) is 30.0 Å². The van der Waals surface area contributed by atoms with Crippen molar-refractivity contribution in [1.29, 1.82) is 0 Å². The number of alkyl halides is 9. The van der Waals surface area contributed by atoms with Gasteiger partial charge in [0.05, 0.1) is 11.6 Å². The number of hydrogen-bond acceptors (Lipinski definition) is 0. The molecule has 39 heavy (non-hydrogen) atoms. The van der Waals surface area contributed by atoms with E-state index in [-0.39, 0.29) is 24.6 Å². The van der Waals surface area contributed by atoms with Crippen LogP contribution in [0.1, 0.15) is 69.8 Å². The van der Waals surface area contributed by atoms with Crippen molar-refractivity contribution in [3.8, 4) is 0 Å². The molecule has 2 rings (SSSR count). The molecule has 0 unspecified atom stereocenters. The van der Waals surface area contributed by atoms with E-state index in [1.807, 2.05) is 27.9 Å². The minimum absolute atomic E-state index is 0. The van der Waals surface area contributed by atoms with Crippen LogP contribution >= 0.6 is 11.6 Å². The second kappa shape index (κ2) is 14.8. The first-order valence-electron chi connectivity index (χ1n) is 12.3. The Morgan fingerprint density at radius 3 is 1.82 bits per heavy atom. The van der Waals surface area contributed by atoms with E-state index in [4.69, 9.17) is 11.6 Å². The van der Waals surface area contributed by atoms with Gasteiger partial charge in [0.25, 0.3) is 0 Å². The molecule has 1 aromatic carbocycles. The normalized spacial score (nSPS) is 13.0. The van der Waals surface area contributed by atoms with E-state index in [0.717, 1.165) is 38.6 Å². The first kappa shape index (κ1) is 35.3. The summed E-state index contributed by atoms with van der Waals surface area (Å²) in [5.41, 5.74) is 0.409. The van der Waals surface area contributed by atoms with E-state index < -0.39 is 36.8 Å². The fraction of sp³-hybridized carbons (Fsp3) is 0.640. The lowest BCUT2D eigenvalue weighted by Gasteiger charge is -2.33. The molecule has 0 atom stereocenters. The van der Waals surface area contributed by atoms with Crippen LogP contribution in [0.4, 0.5) is 43.9 Å². The molecule has 0 saturated carbocycles. The first-order chi connectivity index (χ1) is 17.6. The Morgan fingerprint density at radius 1 is 0.744 bits per heavy atom. The number of aromatic nitrogens is 2. The summed E-state index contributed by atoms with van der Waals surface area (Å²) in [6, 6.07) is 4.52. The molecule has 2 aromatic rings. The molecule has 0 amide bonds. The van der Waals surface area contributed by atoms with Crippen LogP contribution in [0.5, 0.6) is 0 Å². The SMILES string of the molecule is Fc1cccc(Cl)c1C[n+]1ccn(CCCCCCCCCCCC(F)(F)C(F)(F)C(F)(F)C(F)(F)F)c1.[Cl-]. The molecule has 0 aliphatic heterocycles. The highest BCUT2D eigenvalue weighted by Crippen LogP contribution is 2.54. The largest absolute Gasteiger partial charge is 1.00 e. The maximum Gasteiger partial charge on any atom is 0.460 e. The summed E-state index contributed by atoms with van der Waals surface area (Å²) >= 11 is 6.05. The fourth-order valence-electron chi connectivity index (χ4n) is 3.97. The van der Waals surface area contributed by atoms with E-state index >= 15 is 0 Å². The Labute approximate surface area is 231 Å². The Balaban J connectivity index is 0.00000760. The highest BCUT2D eigenvalue weighted by molar-refractivity contribution is 6.31. The van der Waals surface area contributed by atoms with Crippen molar-refractivity contribution in [2.24, 2.45) is 0 Å². The second-order valence-electron chi connectivity index (χ2n) is 9.31. The van der Waals surface area contributed by atoms with Crippen molar-refractivity contribution in [1.82, 2.24) is 4.57 Å². The Bertz CT molecular complexity index is 989. The fourth-order valence-corrected chi connectivity index (χ4v) is 4.20. The predicted molar refractivity (Wildman–Crippen MR) is 122 cm³/mol. The molecule has 0 fully saturated rings. The van der Waals surface area contributed by atoms with E-state index in [1.165, 1.54) is 6.07 Å². The van der Waals surface area contributed by atoms with Gasteiger partial charge in [0.1, 0.15) is 24.8 Å². The molecule has 0 N–H and O–H groups in total. The molecule has 2 nitrogen and oxygen atoms in total. The standard InChI is InChI=1S/C25H30ClF10N2.ClH/c26-20-11-10-12-21(27)19(20)17-38-16-15-37(18-38)14-9-7-5-3-1-2-4-6-8-13-22(28,29)23(30,31)24(32,33)25(34,35)36;/h10-12,15-16,18H,1-9,13-14,17H2;1H/q+1;/p-1. The van der Waals surface area contributed by atoms with Gasteiger partial charge in [0.15, 0.2) is 0 Å². The summed E-state index contributed by atoms with van der Waals surface area (Å²) in [6.07, 6.45) is 1.77. The zero-order valence-electron chi connectivity index (χ0n) is 20.9. The van der Waals surface area contributed by atoms with Gasteiger partial charge in [0, 0.05) is 12.0 Å². The van der Waals surface area contributed by atoms with Crippen LogP contribution in [-0.4, -0.2) is 28.5 Å². The van der Waals surface area contributed by atoms with Gasteiger partial charge < -0.3 is 12.4 Å². The third-order valence-electron chi connectivity index (χ3n) is 6.27. The second-order valence-corrected chi connectivity index (χ2v) is 9.71. The van der Waals surface area contributed by atoms with E-state index in [1.54, 1.807) is 12.1 Å². The highest BCUT2D eigenvalue weighted by Gasteiger charge is 2.81. The van der Waals surface area contributed by atoms with Gasteiger partial charge in [-0.2, -0.15) is 39.5 Å². The topological polar surface area (TPSA) is 8.81 Å². The molecule has 0 saturated heterocycles. The van der Waals surface area contributed by atoms with E-state index in [2.05, 4.69) is 0 Å². The van der Waals surface area contributed by atoms with E-state index in [9.17, 15) is 43.9 Å². The van der Waals surface area contributed by atoms with Crippen molar-refractivity contribution in [2.45, 2.75) is 101 Å². The summed E-state index contributed by atoms with van der Waals surface area (Å²) in [4.78, 5) is 0. The molecule has 0 aliphatic rings. The molecule has 0 spiro atoms. The third kappa shape index (κ3) is 9.43. The number of aryl methyl sites for hydroxylation is 1. The average Bonchev–Trinajstić information content (AvgIpc) is 3.26. The van der Waals surface area contributed by atoms with Crippen LogP contribution in [0, 0.1) is 5.82 Å². The van der Waals surface area contributed by atoms with Crippen molar-refractivity contribution >= 4 is 11.6 Å². The van der Waals surface area contributed by atoms with Gasteiger partial charge in [0.2, 0.25) is 6.33 Å². The molecule has 0 radical (unpaired) electrons. The van der Waals surface area contributed by atoms with Gasteiger partial charge >= 0.3 is 23.9 Å². The lowest BCUT2D eigenvalue weighted by atomic mass is 9.97. The zero-order valence-corrected chi connectivity index (χ0v) is 22.4. The lowest BCUT2D eigenvalue weighted by molar-refractivity contribution is -0.688. The van der Waals surface area contributed by atoms with Gasteiger partial charge in [-0.15, -0.1) is 0 Å². The average molecular weight is 619 g/mol. The quantitative estimate of drug-likeness (QED) is 0.124. The molecule has 224 valence electrons. The van der Waals surface area contributed by atoms with Crippen molar-refractivity contribution in [3.05, 3.63) is 53.3 Å². The maximum atomic E-state index is 13.9. The summed E-state index contributed by atoms with van der Waals surface area (Å²) in [7, 11) is 0. The summed E-state index contributed by atoms with van der Waals surface area (Å²) in [5, 5.41) is 0.357. The smallest absolute Gasteiger partial charge is 0.460 e. The molecular formula is C25H30Cl2F10N2. The molecule has 1 aromatic heterocycles. The third-order valence-corrected chi connectivity index (χ3v) is 6.62. The lowest BCUT2D eigenvalue weighted by Crippen LogP contribution is -3.00. The minimum atomic E-state index is -6.82. The Kier molecular flexibility index (Phi) is 13.4. The number of nitrogens with zero attached hydrogens (tertiary/aromatic N) is 2. The number of hydrogen-bond donors (Lipinski definition) is 0. The van der Waals surface area contributed by atoms with Crippen molar-refractivity contribution < 1.29 is 60.9 Å². The van der Waals surface area contributed by atoms with Gasteiger partial charge in [-0.3, -0.25) is 0 Å². The molecule has 14 heteroatoms. The van der Waals surface area contributed by atoms with Crippen LogP contribution in [0.25, 0.3) is 0 Å². The number of imidazole rings is 1. The van der Waals surface area contributed by atoms with Crippen molar-refractivity contribution in [3.63, 3.8) is 0 Å². The molecule has 0 bridgehead atoms. The Morgan fingerprint density at radius 2 is 1.28 bits per heavy atom. The number of benzene rings is 1. The molecule has 0 aliphatic carbocycles. The Hall–Kier alpha value is -1.69. The zero-order chi connectivity index (χ0) is 28.6. The summed E-state index contributed by atoms with van der Waals surface area (Å²) in [5.74, 6) is -19.2. The first-order valence-corrected chi connectivity index (χ1v) is 12.7. The molecule has 1 heterocycles. The van der Waals surface area contributed by atoms with Gasteiger partial charge in [-0.1, -0.05) is 56.2 Å². The summed E-state index contributed by atoms with van der Waals surface area (Å²) < 4.78 is 133. The monoisotopic (exact) mass is 618 g/mol. The van der Waals surface area contributed by atoms with Gasteiger partial charge in [-0.25, -0.2) is 13.5 Å². The number of halogens is 12. The van der Waals surface area contributed by atoms with Gasteiger partial charge in [-0.05, 0) is 31.4 Å². The highest BCUT2D eigenvalue weighted by atomic mass is 35.5. The molecular weight excluding hydrogens is 589 g/mol. The van der Waals surface area contributed by atoms with Crippen LogP contribution in [-0.2, 0) is 13.1 Å². The number of unbranched alkanes of at least 4 members (excludes halogenated alkanes) is 8. The number of rotatable bonds is 16. The maximum absolute atomic E-state index is 13.9. The summed E-state index contributed by atoms with van der Waals surface area (Å²) in [6.45, 7) is 1.06. The van der Waals surface area contributed by atoms with Crippen LogP contribution in [0.2, 0.25) is 5.02 Å². The minimum Gasteiger partial charge on any atom is -1.00 e. The predicted octanol–water partition coefficient (Wildman–Crippen LogP) is 5.99. The van der Waals surface area contributed by atoms with Crippen molar-refractivity contribution in [2.75, 3.05) is 0 Å².